The average Bonchev–Trinajstić information content (AvgIpc) is 2.55. The third-order valence-corrected chi connectivity index (χ3v) is 3.73. The van der Waals surface area contributed by atoms with Crippen LogP contribution in [0.25, 0.3) is 0 Å². The number of hydrogen-bond acceptors (Lipinski definition) is 7. The van der Waals surface area contributed by atoms with Crippen LogP contribution in [0, 0.1) is 0 Å². The molecule has 0 bridgehead atoms. The Labute approximate surface area is 159 Å². The first kappa shape index (κ1) is 26.6. The summed E-state index contributed by atoms with van der Waals surface area (Å²) in [5.41, 5.74) is 0. The summed E-state index contributed by atoms with van der Waals surface area (Å²) in [5.74, 6) is -0.897. The van der Waals surface area contributed by atoms with Gasteiger partial charge in [0.25, 0.3) is 0 Å². The van der Waals surface area contributed by atoms with Crippen molar-refractivity contribution in [3.8, 4) is 0 Å². The molecule has 0 fully saturated rings. The molecule has 26 heavy (non-hydrogen) atoms. The molecule has 152 valence electrons. The molecule has 10 heteroatoms. The van der Waals surface area contributed by atoms with Crippen LogP contribution in [0.5, 0.6) is 0 Å². The first-order chi connectivity index (χ1) is 12.2. The number of carbonyl (C=O) groups is 4. The maximum absolute atomic E-state index is 12.1. The van der Waals surface area contributed by atoms with Crippen molar-refractivity contribution in [3.05, 3.63) is 0 Å². The SMILES string of the molecule is CC.CC(=O)NCSC[C@H](NC(=O)[C@H](CO)NC(=O)CN(C)C)C(C)=O. The highest BCUT2D eigenvalue weighted by Crippen LogP contribution is 2.03. The molecule has 0 unspecified atom stereocenters. The van der Waals surface area contributed by atoms with Crippen molar-refractivity contribution >= 4 is 35.3 Å². The fraction of sp³-hybridized carbons (Fsp3) is 0.750. The quantitative estimate of drug-likeness (QED) is 0.261. The number of likely N-dealkylation sites (N-methyl/N-ethyl adjacent to an activating group) is 1. The molecule has 0 saturated heterocycles. The van der Waals surface area contributed by atoms with Crippen LogP contribution < -0.4 is 16.0 Å². The standard InChI is InChI=1S/C14H26N4O5S.C2H6/c1-9(20)12(7-24-8-15-10(2)21)17-14(23)11(6-19)16-13(22)5-18(3)4;1-2/h11-12,19H,5-8H2,1-4H3,(H,15,21)(H,16,22)(H,17,23);1-2H3/t11-,12-;/m0./s1. The number of Topliss-reactive ketones (excluding diaryl/α,β-unsaturated/α-hetero) is 1. The maximum atomic E-state index is 12.1. The van der Waals surface area contributed by atoms with E-state index in [1.807, 2.05) is 13.8 Å². The van der Waals surface area contributed by atoms with E-state index in [9.17, 15) is 24.3 Å². The van der Waals surface area contributed by atoms with Gasteiger partial charge in [-0.25, -0.2) is 0 Å². The number of thioether (sulfide) groups is 1. The Hall–Kier alpha value is -1.65. The molecule has 0 heterocycles. The van der Waals surface area contributed by atoms with Crippen molar-refractivity contribution in [2.45, 2.75) is 39.8 Å². The van der Waals surface area contributed by atoms with Crippen molar-refractivity contribution in [3.63, 3.8) is 0 Å². The van der Waals surface area contributed by atoms with E-state index >= 15 is 0 Å². The molecule has 0 aliphatic carbocycles. The Balaban J connectivity index is 0. The van der Waals surface area contributed by atoms with E-state index < -0.39 is 30.5 Å². The molecule has 0 rings (SSSR count). The molecule has 0 radical (unpaired) electrons. The molecule has 2 atom stereocenters. The van der Waals surface area contributed by atoms with Crippen LogP contribution in [0.2, 0.25) is 0 Å². The van der Waals surface area contributed by atoms with E-state index in [4.69, 9.17) is 0 Å². The summed E-state index contributed by atoms with van der Waals surface area (Å²) in [5, 5.41) is 16.8. The molecule has 0 aliphatic heterocycles. The number of ketones is 1. The summed E-state index contributed by atoms with van der Waals surface area (Å²) in [6, 6.07) is -1.89. The van der Waals surface area contributed by atoms with Gasteiger partial charge < -0.3 is 26.0 Å². The number of nitrogens with zero attached hydrogens (tertiary/aromatic N) is 1. The Morgan fingerprint density at radius 1 is 1.04 bits per heavy atom. The highest BCUT2D eigenvalue weighted by molar-refractivity contribution is 7.99. The van der Waals surface area contributed by atoms with Gasteiger partial charge in [-0.15, -0.1) is 11.8 Å². The lowest BCUT2D eigenvalue weighted by atomic mass is 10.2. The van der Waals surface area contributed by atoms with Crippen molar-refractivity contribution < 1.29 is 24.3 Å². The zero-order chi connectivity index (χ0) is 20.7. The third-order valence-electron chi connectivity index (χ3n) is 2.81. The number of hydrogen-bond donors (Lipinski definition) is 4. The minimum absolute atomic E-state index is 0.0759. The van der Waals surface area contributed by atoms with Gasteiger partial charge in [-0.3, -0.25) is 19.2 Å². The van der Waals surface area contributed by atoms with Gasteiger partial charge in [-0.05, 0) is 21.0 Å². The predicted octanol–water partition coefficient (Wildman–Crippen LogP) is -1.05. The van der Waals surface area contributed by atoms with Crippen LogP contribution in [0.3, 0.4) is 0 Å². The number of carbonyl (C=O) groups excluding carboxylic acids is 4. The van der Waals surface area contributed by atoms with Crippen molar-refractivity contribution in [1.29, 1.82) is 0 Å². The van der Waals surface area contributed by atoms with Gasteiger partial charge in [0.05, 0.1) is 25.1 Å². The molecule has 0 aromatic carbocycles. The molecular formula is C16H32N4O5S. The summed E-state index contributed by atoms with van der Waals surface area (Å²) in [6.45, 7) is 6.22. The minimum atomic E-state index is -1.13. The van der Waals surface area contributed by atoms with Crippen LogP contribution in [0.15, 0.2) is 0 Å². The van der Waals surface area contributed by atoms with Gasteiger partial charge in [0, 0.05) is 12.7 Å². The normalized spacial score (nSPS) is 12.3. The molecule has 0 spiro atoms. The summed E-state index contributed by atoms with van der Waals surface area (Å²) in [7, 11) is 3.40. The Morgan fingerprint density at radius 2 is 1.62 bits per heavy atom. The maximum Gasteiger partial charge on any atom is 0.245 e. The third kappa shape index (κ3) is 13.6. The van der Waals surface area contributed by atoms with Crippen molar-refractivity contribution in [2.75, 3.05) is 38.9 Å². The van der Waals surface area contributed by atoms with E-state index in [0.29, 0.717) is 5.88 Å². The zero-order valence-corrected chi connectivity index (χ0v) is 17.2. The number of amides is 3. The van der Waals surface area contributed by atoms with Gasteiger partial charge in [-0.1, -0.05) is 13.8 Å². The zero-order valence-electron chi connectivity index (χ0n) is 16.4. The molecule has 0 aliphatic rings. The molecule has 9 nitrogen and oxygen atoms in total. The second-order valence-corrected chi connectivity index (χ2v) is 6.49. The Bertz CT molecular complexity index is 460. The lowest BCUT2D eigenvalue weighted by molar-refractivity contribution is -0.132. The topological polar surface area (TPSA) is 128 Å². The van der Waals surface area contributed by atoms with Gasteiger partial charge in [-0.2, -0.15) is 0 Å². The first-order valence-electron chi connectivity index (χ1n) is 8.35. The monoisotopic (exact) mass is 392 g/mol. The minimum Gasteiger partial charge on any atom is -0.394 e. The predicted molar refractivity (Wildman–Crippen MR) is 103 cm³/mol. The van der Waals surface area contributed by atoms with Crippen molar-refractivity contribution in [1.82, 2.24) is 20.9 Å². The fourth-order valence-corrected chi connectivity index (χ4v) is 2.56. The second kappa shape index (κ2) is 15.6. The lowest BCUT2D eigenvalue weighted by Crippen LogP contribution is -2.54. The Kier molecular flexibility index (Phi) is 15.9. The number of aliphatic hydroxyl groups is 1. The molecular weight excluding hydrogens is 360 g/mol. The number of nitrogens with one attached hydrogen (secondary N) is 3. The first-order valence-corrected chi connectivity index (χ1v) is 9.50. The second-order valence-electron chi connectivity index (χ2n) is 5.46. The van der Waals surface area contributed by atoms with Gasteiger partial charge in [0.1, 0.15) is 6.04 Å². The smallest absolute Gasteiger partial charge is 0.245 e. The van der Waals surface area contributed by atoms with Crippen molar-refractivity contribution in [2.24, 2.45) is 0 Å². The van der Waals surface area contributed by atoms with Gasteiger partial charge in [0.2, 0.25) is 17.7 Å². The molecule has 3 amide bonds. The van der Waals surface area contributed by atoms with Crippen LogP contribution in [0.4, 0.5) is 0 Å². The highest BCUT2D eigenvalue weighted by Gasteiger charge is 2.24. The van der Waals surface area contributed by atoms with Crippen LogP contribution >= 0.6 is 11.8 Å². The molecule has 0 saturated carbocycles. The number of aliphatic hydroxyl groups excluding tert-OH is 1. The van der Waals surface area contributed by atoms with E-state index in [-0.39, 0.29) is 24.0 Å². The average molecular weight is 393 g/mol. The van der Waals surface area contributed by atoms with Crippen LogP contribution in [0.1, 0.15) is 27.7 Å². The highest BCUT2D eigenvalue weighted by atomic mass is 32.2. The van der Waals surface area contributed by atoms with Crippen LogP contribution in [-0.2, 0) is 19.2 Å². The summed E-state index contributed by atoms with van der Waals surface area (Å²) < 4.78 is 0. The van der Waals surface area contributed by atoms with E-state index in [2.05, 4.69) is 16.0 Å². The summed E-state index contributed by atoms with van der Waals surface area (Å²) in [4.78, 5) is 47.8. The van der Waals surface area contributed by atoms with Crippen LogP contribution in [-0.4, -0.2) is 84.5 Å². The van der Waals surface area contributed by atoms with E-state index in [1.54, 1.807) is 19.0 Å². The molecule has 4 N–H and O–H groups in total. The number of rotatable bonds is 11. The molecule has 0 aromatic heterocycles. The van der Waals surface area contributed by atoms with Gasteiger partial charge in [0.15, 0.2) is 5.78 Å². The summed E-state index contributed by atoms with van der Waals surface area (Å²) >= 11 is 1.28. The fourth-order valence-electron chi connectivity index (χ4n) is 1.58. The van der Waals surface area contributed by atoms with E-state index in [0.717, 1.165) is 0 Å². The summed E-state index contributed by atoms with van der Waals surface area (Å²) in [6.07, 6.45) is 0. The molecule has 0 aromatic rings. The Morgan fingerprint density at radius 3 is 2.04 bits per heavy atom. The van der Waals surface area contributed by atoms with Gasteiger partial charge >= 0.3 is 0 Å². The largest absolute Gasteiger partial charge is 0.394 e. The lowest BCUT2D eigenvalue weighted by Gasteiger charge is -2.21. The van der Waals surface area contributed by atoms with E-state index in [1.165, 1.54) is 25.6 Å².